The molecule has 0 spiro atoms. The van der Waals surface area contributed by atoms with Crippen LogP contribution in [0.3, 0.4) is 0 Å². The third kappa shape index (κ3) is 3.16. The molecule has 1 N–H and O–H groups in total. The second kappa shape index (κ2) is 6.25. The minimum Gasteiger partial charge on any atom is -0.322 e. The number of amides is 1. The molecular formula is C16H10ClFN2OS. The number of anilines is 1. The van der Waals surface area contributed by atoms with Gasteiger partial charge in [-0.3, -0.25) is 4.79 Å². The first-order valence-electron chi connectivity index (χ1n) is 6.40. The summed E-state index contributed by atoms with van der Waals surface area (Å²) in [6.45, 7) is 0. The monoisotopic (exact) mass is 332 g/mol. The Hall–Kier alpha value is -2.24. The molecule has 0 saturated carbocycles. The zero-order chi connectivity index (χ0) is 15.5. The summed E-state index contributed by atoms with van der Waals surface area (Å²) in [6.07, 6.45) is 1.74. The van der Waals surface area contributed by atoms with Crippen molar-refractivity contribution in [3.63, 3.8) is 0 Å². The lowest BCUT2D eigenvalue weighted by Crippen LogP contribution is -2.12. The Morgan fingerprint density at radius 1 is 1.18 bits per heavy atom. The first-order valence-corrected chi connectivity index (χ1v) is 7.65. The zero-order valence-corrected chi connectivity index (χ0v) is 12.8. The van der Waals surface area contributed by atoms with Gasteiger partial charge < -0.3 is 5.32 Å². The lowest BCUT2D eigenvalue weighted by Gasteiger charge is -2.07. The van der Waals surface area contributed by atoms with Gasteiger partial charge >= 0.3 is 0 Å². The molecule has 1 aromatic heterocycles. The maximum absolute atomic E-state index is 13.0. The maximum atomic E-state index is 13.0. The van der Waals surface area contributed by atoms with Crippen LogP contribution in [-0.2, 0) is 0 Å². The molecule has 0 radical (unpaired) electrons. The summed E-state index contributed by atoms with van der Waals surface area (Å²) in [5.41, 5.74) is 1.84. The van der Waals surface area contributed by atoms with E-state index in [0.29, 0.717) is 5.69 Å². The number of hydrogen-bond acceptors (Lipinski definition) is 3. The largest absolute Gasteiger partial charge is 0.322 e. The summed E-state index contributed by atoms with van der Waals surface area (Å²) >= 11 is 7.42. The molecule has 3 aromatic rings. The van der Waals surface area contributed by atoms with Crippen LogP contribution in [-0.4, -0.2) is 10.9 Å². The Kier molecular flexibility index (Phi) is 4.18. The number of carbonyl (C=O) groups excluding carboxylic acids is 1. The second-order valence-corrected chi connectivity index (χ2v) is 5.79. The molecule has 6 heteroatoms. The Bertz CT molecular complexity index is 804. The molecule has 0 aliphatic heterocycles. The van der Waals surface area contributed by atoms with E-state index in [1.165, 1.54) is 12.1 Å². The van der Waals surface area contributed by atoms with E-state index >= 15 is 0 Å². The fourth-order valence-electron chi connectivity index (χ4n) is 1.93. The molecule has 0 atom stereocenters. The first-order chi connectivity index (χ1) is 10.6. The van der Waals surface area contributed by atoms with E-state index in [2.05, 4.69) is 10.3 Å². The van der Waals surface area contributed by atoms with E-state index in [9.17, 15) is 9.18 Å². The summed E-state index contributed by atoms with van der Waals surface area (Å²) in [4.78, 5) is 16.4. The van der Waals surface area contributed by atoms with E-state index in [4.69, 9.17) is 11.6 Å². The third-order valence-electron chi connectivity index (χ3n) is 3.00. The van der Waals surface area contributed by atoms with Crippen LogP contribution in [0.4, 0.5) is 10.1 Å². The topological polar surface area (TPSA) is 42.0 Å². The highest BCUT2D eigenvalue weighted by Gasteiger charge is 2.11. The van der Waals surface area contributed by atoms with Crippen LogP contribution in [0.15, 0.2) is 54.0 Å². The standard InChI is InChI=1S/C16H10ClFN2OS/c17-14-9-11(18)3-6-13(14)15(21)20-12-4-1-10(2-5-12)16-19-7-8-22-16/h1-9H,(H,20,21). The van der Waals surface area contributed by atoms with Crippen LogP contribution < -0.4 is 5.32 Å². The van der Waals surface area contributed by atoms with Gasteiger partial charge in [0.25, 0.3) is 5.91 Å². The predicted molar refractivity (Wildman–Crippen MR) is 86.9 cm³/mol. The van der Waals surface area contributed by atoms with Crippen LogP contribution in [0.5, 0.6) is 0 Å². The van der Waals surface area contributed by atoms with E-state index in [1.807, 2.05) is 17.5 Å². The molecule has 0 aliphatic rings. The fraction of sp³-hybridized carbons (Fsp3) is 0. The van der Waals surface area contributed by atoms with Gasteiger partial charge in [-0.05, 0) is 42.5 Å². The van der Waals surface area contributed by atoms with E-state index < -0.39 is 5.82 Å². The SMILES string of the molecule is O=C(Nc1ccc(-c2nccs2)cc1)c1ccc(F)cc1Cl. The van der Waals surface area contributed by atoms with Gasteiger partial charge in [0, 0.05) is 22.8 Å². The van der Waals surface area contributed by atoms with Gasteiger partial charge in [0.1, 0.15) is 10.8 Å². The smallest absolute Gasteiger partial charge is 0.257 e. The van der Waals surface area contributed by atoms with Crippen LogP contribution in [0, 0.1) is 5.82 Å². The first kappa shape index (κ1) is 14.7. The molecule has 1 amide bonds. The summed E-state index contributed by atoms with van der Waals surface area (Å²) < 4.78 is 13.0. The Labute approximate surface area is 135 Å². The number of benzene rings is 2. The average Bonchev–Trinajstić information content (AvgIpc) is 3.02. The Morgan fingerprint density at radius 3 is 2.59 bits per heavy atom. The van der Waals surface area contributed by atoms with E-state index in [1.54, 1.807) is 29.7 Å². The van der Waals surface area contributed by atoms with Crippen molar-refractivity contribution in [1.29, 1.82) is 0 Å². The van der Waals surface area contributed by atoms with Crippen molar-refractivity contribution in [2.45, 2.75) is 0 Å². The lowest BCUT2D eigenvalue weighted by molar-refractivity contribution is 0.102. The van der Waals surface area contributed by atoms with Crippen molar-refractivity contribution in [3.05, 3.63) is 70.4 Å². The number of aromatic nitrogens is 1. The van der Waals surface area contributed by atoms with Crippen molar-refractivity contribution in [2.75, 3.05) is 5.32 Å². The normalized spacial score (nSPS) is 10.5. The molecule has 0 bridgehead atoms. The molecule has 0 unspecified atom stereocenters. The molecule has 110 valence electrons. The molecule has 0 fully saturated rings. The molecule has 3 nitrogen and oxygen atoms in total. The minimum atomic E-state index is -0.477. The van der Waals surface area contributed by atoms with Gasteiger partial charge in [-0.25, -0.2) is 9.37 Å². The van der Waals surface area contributed by atoms with Crippen molar-refractivity contribution >= 4 is 34.5 Å². The molecule has 2 aromatic carbocycles. The number of carbonyl (C=O) groups is 1. The summed E-state index contributed by atoms with van der Waals surface area (Å²) in [5, 5.41) is 5.63. The number of hydrogen-bond donors (Lipinski definition) is 1. The highest BCUT2D eigenvalue weighted by Crippen LogP contribution is 2.24. The van der Waals surface area contributed by atoms with Crippen LogP contribution in [0.1, 0.15) is 10.4 Å². The van der Waals surface area contributed by atoms with Crippen LogP contribution in [0.2, 0.25) is 5.02 Å². The van der Waals surface area contributed by atoms with Gasteiger partial charge in [0.15, 0.2) is 0 Å². The van der Waals surface area contributed by atoms with Crippen LogP contribution >= 0.6 is 22.9 Å². The van der Waals surface area contributed by atoms with E-state index in [0.717, 1.165) is 16.6 Å². The van der Waals surface area contributed by atoms with Crippen LogP contribution in [0.25, 0.3) is 10.6 Å². The Balaban J connectivity index is 1.77. The zero-order valence-electron chi connectivity index (χ0n) is 11.2. The maximum Gasteiger partial charge on any atom is 0.257 e. The molecule has 22 heavy (non-hydrogen) atoms. The highest BCUT2D eigenvalue weighted by molar-refractivity contribution is 7.13. The van der Waals surface area contributed by atoms with Gasteiger partial charge in [-0.1, -0.05) is 11.6 Å². The number of thiazole rings is 1. The van der Waals surface area contributed by atoms with Gasteiger partial charge in [-0.15, -0.1) is 11.3 Å². The number of nitrogens with one attached hydrogen (secondary N) is 1. The number of halogens is 2. The molecule has 1 heterocycles. The summed E-state index contributed by atoms with van der Waals surface area (Å²) in [6, 6.07) is 11.0. The van der Waals surface area contributed by atoms with Crippen molar-refractivity contribution in [1.82, 2.24) is 4.98 Å². The number of rotatable bonds is 3. The molecule has 3 rings (SSSR count). The lowest BCUT2D eigenvalue weighted by atomic mass is 10.2. The van der Waals surface area contributed by atoms with Crippen molar-refractivity contribution < 1.29 is 9.18 Å². The van der Waals surface area contributed by atoms with Gasteiger partial charge in [-0.2, -0.15) is 0 Å². The third-order valence-corrected chi connectivity index (χ3v) is 4.13. The summed E-state index contributed by atoms with van der Waals surface area (Å²) in [5.74, 6) is -0.860. The quantitative estimate of drug-likeness (QED) is 0.744. The van der Waals surface area contributed by atoms with Gasteiger partial charge in [0.05, 0.1) is 10.6 Å². The van der Waals surface area contributed by atoms with Gasteiger partial charge in [0.2, 0.25) is 0 Å². The van der Waals surface area contributed by atoms with Crippen molar-refractivity contribution in [2.24, 2.45) is 0 Å². The van der Waals surface area contributed by atoms with Crippen molar-refractivity contribution in [3.8, 4) is 10.6 Å². The molecule has 0 aliphatic carbocycles. The molecular weight excluding hydrogens is 323 g/mol. The second-order valence-electron chi connectivity index (χ2n) is 4.49. The Morgan fingerprint density at radius 2 is 1.95 bits per heavy atom. The number of nitrogens with zero attached hydrogens (tertiary/aromatic N) is 1. The fourth-order valence-corrected chi connectivity index (χ4v) is 2.83. The minimum absolute atomic E-state index is 0.0805. The van der Waals surface area contributed by atoms with E-state index in [-0.39, 0.29) is 16.5 Å². The summed E-state index contributed by atoms with van der Waals surface area (Å²) in [7, 11) is 0. The molecule has 0 saturated heterocycles. The highest BCUT2D eigenvalue weighted by atomic mass is 35.5. The predicted octanol–water partition coefficient (Wildman–Crippen LogP) is 4.85. The average molecular weight is 333 g/mol.